The van der Waals surface area contributed by atoms with E-state index in [9.17, 15) is 5.11 Å². The van der Waals surface area contributed by atoms with Crippen LogP contribution in [0, 0.1) is 0 Å². The van der Waals surface area contributed by atoms with Crippen molar-refractivity contribution < 1.29 is 9.84 Å². The molecule has 1 unspecified atom stereocenters. The minimum atomic E-state index is -0.259. The van der Waals surface area contributed by atoms with Crippen molar-refractivity contribution >= 4 is 5.69 Å². The van der Waals surface area contributed by atoms with E-state index in [0.717, 1.165) is 32.7 Å². The number of aliphatic hydroxyl groups excluding tert-OH is 1. The van der Waals surface area contributed by atoms with E-state index in [2.05, 4.69) is 41.4 Å². The Kier molecular flexibility index (Phi) is 5.83. The van der Waals surface area contributed by atoms with E-state index in [4.69, 9.17) is 4.74 Å². The van der Waals surface area contributed by atoms with Gasteiger partial charge in [0.1, 0.15) is 0 Å². The molecular weight excluding hydrogens is 252 g/mol. The number of aliphatic hydroxyl groups is 1. The Morgan fingerprint density at radius 2 is 1.90 bits per heavy atom. The van der Waals surface area contributed by atoms with Crippen molar-refractivity contribution in [3.63, 3.8) is 0 Å². The number of rotatable bonds is 6. The molecule has 4 nitrogen and oxygen atoms in total. The molecule has 2 N–H and O–H groups in total. The van der Waals surface area contributed by atoms with Gasteiger partial charge in [-0.1, -0.05) is 19.1 Å². The Hall–Kier alpha value is -1.10. The zero-order chi connectivity index (χ0) is 14.4. The molecular formula is C16H26N2O2. The van der Waals surface area contributed by atoms with Crippen LogP contribution in [0.4, 0.5) is 5.69 Å². The lowest BCUT2D eigenvalue weighted by atomic mass is 10.1. The van der Waals surface area contributed by atoms with Gasteiger partial charge in [-0.25, -0.2) is 0 Å². The topological polar surface area (TPSA) is 44.7 Å². The van der Waals surface area contributed by atoms with E-state index in [0.29, 0.717) is 6.54 Å². The SMILES string of the molecule is CC[C@@H](O)CNC(C)c1ccc(N2CCOCC2)cc1. The van der Waals surface area contributed by atoms with Gasteiger partial charge in [0, 0.05) is 31.4 Å². The van der Waals surface area contributed by atoms with Crippen LogP contribution < -0.4 is 10.2 Å². The quantitative estimate of drug-likeness (QED) is 0.835. The summed E-state index contributed by atoms with van der Waals surface area (Å²) in [5, 5.41) is 13.0. The van der Waals surface area contributed by atoms with Crippen LogP contribution in [0.25, 0.3) is 0 Å². The van der Waals surface area contributed by atoms with Crippen molar-refractivity contribution in [3.8, 4) is 0 Å². The van der Waals surface area contributed by atoms with Gasteiger partial charge in [0.15, 0.2) is 0 Å². The summed E-state index contributed by atoms with van der Waals surface area (Å²) in [6.45, 7) is 8.33. The van der Waals surface area contributed by atoms with Gasteiger partial charge in [-0.05, 0) is 31.0 Å². The monoisotopic (exact) mass is 278 g/mol. The maximum Gasteiger partial charge on any atom is 0.0662 e. The molecule has 0 saturated carbocycles. The van der Waals surface area contributed by atoms with Crippen molar-refractivity contribution in [2.75, 3.05) is 37.7 Å². The third kappa shape index (κ3) is 4.20. The van der Waals surface area contributed by atoms with Crippen molar-refractivity contribution in [2.24, 2.45) is 0 Å². The summed E-state index contributed by atoms with van der Waals surface area (Å²) in [6, 6.07) is 8.95. The first-order chi connectivity index (χ1) is 9.70. The van der Waals surface area contributed by atoms with Crippen molar-refractivity contribution in [3.05, 3.63) is 29.8 Å². The van der Waals surface area contributed by atoms with Gasteiger partial charge in [-0.2, -0.15) is 0 Å². The number of ether oxygens (including phenoxy) is 1. The molecule has 20 heavy (non-hydrogen) atoms. The van der Waals surface area contributed by atoms with Gasteiger partial charge in [0.05, 0.1) is 19.3 Å². The molecule has 1 saturated heterocycles. The lowest BCUT2D eigenvalue weighted by Gasteiger charge is -2.29. The van der Waals surface area contributed by atoms with Gasteiger partial charge in [-0.15, -0.1) is 0 Å². The molecule has 1 aromatic rings. The van der Waals surface area contributed by atoms with Gasteiger partial charge in [0.2, 0.25) is 0 Å². The summed E-state index contributed by atoms with van der Waals surface area (Å²) < 4.78 is 5.37. The number of nitrogens with one attached hydrogen (secondary N) is 1. The predicted molar refractivity (Wildman–Crippen MR) is 82.2 cm³/mol. The molecule has 0 aliphatic carbocycles. The highest BCUT2D eigenvalue weighted by Gasteiger charge is 2.12. The average Bonchev–Trinajstić information content (AvgIpc) is 2.53. The summed E-state index contributed by atoms with van der Waals surface area (Å²) in [6.07, 6.45) is 0.528. The van der Waals surface area contributed by atoms with E-state index >= 15 is 0 Å². The number of hydrogen-bond donors (Lipinski definition) is 2. The van der Waals surface area contributed by atoms with E-state index < -0.39 is 0 Å². The number of nitrogens with zero attached hydrogens (tertiary/aromatic N) is 1. The standard InChI is InChI=1S/C16H26N2O2/c1-3-16(19)12-17-13(2)14-4-6-15(7-5-14)18-8-10-20-11-9-18/h4-7,13,16-17,19H,3,8-12H2,1-2H3/t13?,16-/m1/s1. The van der Waals surface area contributed by atoms with E-state index in [1.807, 2.05) is 6.92 Å². The molecule has 2 rings (SSSR count). The van der Waals surface area contributed by atoms with Crippen LogP contribution in [0.15, 0.2) is 24.3 Å². The number of benzene rings is 1. The highest BCUT2D eigenvalue weighted by atomic mass is 16.5. The third-order valence-electron chi connectivity index (χ3n) is 3.90. The molecule has 0 spiro atoms. The summed E-state index contributed by atoms with van der Waals surface area (Å²) in [5.74, 6) is 0. The Balaban J connectivity index is 1.89. The normalized spacial score (nSPS) is 18.9. The highest BCUT2D eigenvalue weighted by Crippen LogP contribution is 2.20. The molecule has 1 aromatic carbocycles. The smallest absolute Gasteiger partial charge is 0.0662 e. The molecule has 0 amide bonds. The minimum Gasteiger partial charge on any atom is -0.392 e. The van der Waals surface area contributed by atoms with Gasteiger partial charge < -0.3 is 20.1 Å². The summed E-state index contributed by atoms with van der Waals surface area (Å²) >= 11 is 0. The average molecular weight is 278 g/mol. The van der Waals surface area contributed by atoms with Crippen LogP contribution in [0.5, 0.6) is 0 Å². The highest BCUT2D eigenvalue weighted by molar-refractivity contribution is 5.48. The van der Waals surface area contributed by atoms with Crippen molar-refractivity contribution in [2.45, 2.75) is 32.4 Å². The first kappa shape index (κ1) is 15.3. The molecule has 1 aliphatic rings. The minimum absolute atomic E-state index is 0.259. The first-order valence-electron chi connectivity index (χ1n) is 7.54. The maximum atomic E-state index is 9.59. The Labute approximate surface area is 121 Å². The summed E-state index contributed by atoms with van der Waals surface area (Å²) in [7, 11) is 0. The number of hydrogen-bond acceptors (Lipinski definition) is 4. The number of morpholine rings is 1. The summed E-state index contributed by atoms with van der Waals surface area (Å²) in [5.41, 5.74) is 2.52. The van der Waals surface area contributed by atoms with Gasteiger partial charge in [0.25, 0.3) is 0 Å². The zero-order valence-electron chi connectivity index (χ0n) is 12.5. The Bertz CT molecular complexity index is 388. The van der Waals surface area contributed by atoms with Crippen molar-refractivity contribution in [1.29, 1.82) is 0 Å². The molecule has 1 fully saturated rings. The molecule has 4 heteroatoms. The largest absolute Gasteiger partial charge is 0.392 e. The fourth-order valence-electron chi connectivity index (χ4n) is 2.37. The molecule has 2 atom stereocenters. The van der Waals surface area contributed by atoms with Crippen molar-refractivity contribution in [1.82, 2.24) is 5.32 Å². The predicted octanol–water partition coefficient (Wildman–Crippen LogP) is 1.94. The fourth-order valence-corrected chi connectivity index (χ4v) is 2.37. The van der Waals surface area contributed by atoms with E-state index in [-0.39, 0.29) is 12.1 Å². The second kappa shape index (κ2) is 7.62. The molecule has 1 aliphatic heterocycles. The van der Waals surface area contributed by atoms with Crippen LogP contribution in [-0.4, -0.2) is 44.1 Å². The lowest BCUT2D eigenvalue weighted by Crippen LogP contribution is -2.36. The molecule has 0 aromatic heterocycles. The Morgan fingerprint density at radius 1 is 1.25 bits per heavy atom. The Morgan fingerprint density at radius 3 is 2.50 bits per heavy atom. The molecule has 1 heterocycles. The second-order valence-corrected chi connectivity index (χ2v) is 5.38. The first-order valence-corrected chi connectivity index (χ1v) is 7.54. The second-order valence-electron chi connectivity index (χ2n) is 5.38. The van der Waals surface area contributed by atoms with Crippen LogP contribution >= 0.6 is 0 Å². The van der Waals surface area contributed by atoms with Crippen LogP contribution in [0.2, 0.25) is 0 Å². The van der Waals surface area contributed by atoms with Crippen LogP contribution in [0.3, 0.4) is 0 Å². The van der Waals surface area contributed by atoms with Gasteiger partial charge >= 0.3 is 0 Å². The maximum absolute atomic E-state index is 9.59. The summed E-state index contributed by atoms with van der Waals surface area (Å²) in [4.78, 5) is 2.35. The molecule has 0 radical (unpaired) electrons. The fraction of sp³-hybridized carbons (Fsp3) is 0.625. The van der Waals surface area contributed by atoms with E-state index in [1.165, 1.54) is 11.3 Å². The third-order valence-corrected chi connectivity index (χ3v) is 3.90. The van der Waals surface area contributed by atoms with Gasteiger partial charge in [-0.3, -0.25) is 0 Å². The zero-order valence-corrected chi connectivity index (χ0v) is 12.5. The van der Waals surface area contributed by atoms with E-state index in [1.54, 1.807) is 0 Å². The lowest BCUT2D eigenvalue weighted by molar-refractivity contribution is 0.122. The van der Waals surface area contributed by atoms with Crippen LogP contribution in [0.1, 0.15) is 31.9 Å². The molecule has 112 valence electrons. The molecule has 0 bridgehead atoms. The van der Waals surface area contributed by atoms with Crippen LogP contribution in [-0.2, 0) is 4.74 Å². The number of anilines is 1.